The predicted octanol–water partition coefficient (Wildman–Crippen LogP) is 3.13. The van der Waals surface area contributed by atoms with Gasteiger partial charge in [-0.1, -0.05) is 19.3 Å². The van der Waals surface area contributed by atoms with Crippen molar-refractivity contribution in [3.8, 4) is 0 Å². The third-order valence-corrected chi connectivity index (χ3v) is 4.04. The first-order chi connectivity index (χ1) is 10.1. The number of benzene rings is 1. The fourth-order valence-electron chi connectivity index (χ4n) is 2.73. The largest absolute Gasteiger partial charge is 0.459 e. The average Bonchev–Trinajstić information content (AvgIpc) is 2.49. The Morgan fingerprint density at radius 2 is 1.95 bits per heavy atom. The Balaban J connectivity index is 1.67. The number of carbonyl (C=O) groups is 1. The van der Waals surface area contributed by atoms with Crippen molar-refractivity contribution in [1.29, 1.82) is 0 Å². The molecule has 116 valence electrons. The van der Waals surface area contributed by atoms with Crippen LogP contribution < -0.4 is 11.1 Å². The van der Waals surface area contributed by atoms with Gasteiger partial charge in [0.25, 0.3) is 0 Å². The molecule has 4 heteroatoms. The Kier molecular flexibility index (Phi) is 6.05. The summed E-state index contributed by atoms with van der Waals surface area (Å²) in [6, 6.07) is 7.48. The highest BCUT2D eigenvalue weighted by molar-refractivity contribution is 5.89. The molecule has 3 N–H and O–H groups in total. The zero-order valence-corrected chi connectivity index (χ0v) is 12.8. The Morgan fingerprint density at radius 1 is 1.29 bits per heavy atom. The van der Waals surface area contributed by atoms with E-state index in [-0.39, 0.29) is 12.1 Å². The molecule has 1 aliphatic rings. The lowest BCUT2D eigenvalue weighted by Crippen LogP contribution is -2.33. The maximum absolute atomic E-state index is 11.9. The minimum atomic E-state index is -0.278. The van der Waals surface area contributed by atoms with E-state index >= 15 is 0 Å². The molecule has 0 saturated heterocycles. The summed E-state index contributed by atoms with van der Waals surface area (Å²) in [5.41, 5.74) is 6.81. The zero-order chi connectivity index (χ0) is 15.1. The average molecular weight is 290 g/mol. The summed E-state index contributed by atoms with van der Waals surface area (Å²) in [6.07, 6.45) is 7.36. The van der Waals surface area contributed by atoms with Gasteiger partial charge in [-0.2, -0.15) is 0 Å². The van der Waals surface area contributed by atoms with Crippen molar-refractivity contribution >= 4 is 11.7 Å². The van der Waals surface area contributed by atoms with E-state index in [0.29, 0.717) is 17.3 Å². The lowest BCUT2D eigenvalue weighted by molar-refractivity contribution is 0.0323. The van der Waals surface area contributed by atoms with Gasteiger partial charge in [0.15, 0.2) is 0 Å². The van der Waals surface area contributed by atoms with Crippen LogP contribution in [-0.2, 0) is 4.74 Å². The summed E-state index contributed by atoms with van der Waals surface area (Å²) in [6.45, 7) is 2.85. The van der Waals surface area contributed by atoms with Crippen LogP contribution in [0.3, 0.4) is 0 Å². The van der Waals surface area contributed by atoms with Crippen molar-refractivity contribution in [2.24, 2.45) is 0 Å². The molecule has 1 aliphatic carbocycles. The molecule has 0 aromatic heterocycles. The first-order valence-electron chi connectivity index (χ1n) is 7.95. The number of carbonyl (C=O) groups excluding carboxylic acids is 1. The summed E-state index contributed by atoms with van der Waals surface area (Å²) in [5, 5.41) is 3.57. The van der Waals surface area contributed by atoms with Gasteiger partial charge in [0.2, 0.25) is 0 Å². The molecule has 2 rings (SSSR count). The molecule has 0 bridgehead atoms. The smallest absolute Gasteiger partial charge is 0.338 e. The number of hydrogen-bond donors (Lipinski definition) is 2. The second-order valence-electron chi connectivity index (χ2n) is 5.92. The van der Waals surface area contributed by atoms with Gasteiger partial charge in [0.05, 0.1) is 5.56 Å². The van der Waals surface area contributed by atoms with Gasteiger partial charge in [-0.25, -0.2) is 4.79 Å². The van der Waals surface area contributed by atoms with Gasteiger partial charge in [-0.3, -0.25) is 0 Å². The molecule has 1 unspecified atom stereocenters. The van der Waals surface area contributed by atoms with Crippen LogP contribution in [0, 0.1) is 0 Å². The number of hydrogen-bond acceptors (Lipinski definition) is 4. The summed E-state index contributed by atoms with van der Waals surface area (Å²) >= 11 is 0. The molecular formula is C17H26N2O2. The number of anilines is 1. The van der Waals surface area contributed by atoms with Gasteiger partial charge in [-0.05, 0) is 57.0 Å². The maximum Gasteiger partial charge on any atom is 0.338 e. The van der Waals surface area contributed by atoms with E-state index in [1.165, 1.54) is 32.1 Å². The molecule has 1 aromatic rings. The number of rotatable bonds is 6. The molecule has 1 aromatic carbocycles. The summed E-state index contributed by atoms with van der Waals surface area (Å²) < 4.78 is 5.45. The topological polar surface area (TPSA) is 64.3 Å². The maximum atomic E-state index is 11.9. The molecule has 0 amide bonds. The van der Waals surface area contributed by atoms with Gasteiger partial charge < -0.3 is 15.8 Å². The van der Waals surface area contributed by atoms with Crippen LogP contribution >= 0.6 is 0 Å². The van der Waals surface area contributed by atoms with Crippen molar-refractivity contribution < 1.29 is 9.53 Å². The first kappa shape index (κ1) is 15.8. The lowest BCUT2D eigenvalue weighted by Gasteiger charge is -2.23. The van der Waals surface area contributed by atoms with Gasteiger partial charge in [0.1, 0.15) is 6.10 Å². The molecule has 0 spiro atoms. The van der Waals surface area contributed by atoms with Crippen LogP contribution in [-0.4, -0.2) is 24.7 Å². The van der Waals surface area contributed by atoms with Crippen LogP contribution in [0.1, 0.15) is 55.8 Å². The van der Waals surface area contributed by atoms with E-state index in [1.807, 2.05) is 6.92 Å². The monoisotopic (exact) mass is 290 g/mol. The predicted molar refractivity (Wildman–Crippen MR) is 85.2 cm³/mol. The second kappa shape index (κ2) is 8.03. The SMILES string of the molecule is CC(CCNC1CCCCC1)OC(=O)c1ccc(N)cc1. The Labute approximate surface area is 127 Å². The third kappa shape index (κ3) is 5.38. The van der Waals surface area contributed by atoms with Crippen molar-refractivity contribution in [2.45, 2.75) is 57.6 Å². The second-order valence-corrected chi connectivity index (χ2v) is 5.92. The molecule has 1 fully saturated rings. The van der Waals surface area contributed by atoms with E-state index in [1.54, 1.807) is 24.3 Å². The fraction of sp³-hybridized carbons (Fsp3) is 0.588. The highest BCUT2D eigenvalue weighted by atomic mass is 16.5. The molecule has 0 heterocycles. The number of nitrogens with two attached hydrogens (primary N) is 1. The summed E-state index contributed by atoms with van der Waals surface area (Å²) in [7, 11) is 0. The van der Waals surface area contributed by atoms with Gasteiger partial charge >= 0.3 is 5.97 Å². The van der Waals surface area contributed by atoms with Crippen LogP contribution in [0.25, 0.3) is 0 Å². The molecule has 1 atom stereocenters. The van der Waals surface area contributed by atoms with Crippen molar-refractivity contribution in [1.82, 2.24) is 5.32 Å². The molecule has 0 aliphatic heterocycles. The van der Waals surface area contributed by atoms with Crippen LogP contribution in [0.2, 0.25) is 0 Å². The quantitative estimate of drug-likeness (QED) is 0.624. The first-order valence-corrected chi connectivity index (χ1v) is 7.95. The number of nitrogens with one attached hydrogen (secondary N) is 1. The van der Waals surface area contributed by atoms with Crippen LogP contribution in [0.4, 0.5) is 5.69 Å². The van der Waals surface area contributed by atoms with E-state index in [0.717, 1.165) is 13.0 Å². The standard InChI is InChI=1S/C17H26N2O2/c1-13(11-12-19-16-5-3-2-4-6-16)21-17(20)14-7-9-15(18)10-8-14/h7-10,13,16,19H,2-6,11-12,18H2,1H3. The molecule has 0 radical (unpaired) electrons. The van der Waals surface area contributed by atoms with E-state index in [4.69, 9.17) is 10.5 Å². The van der Waals surface area contributed by atoms with Gasteiger partial charge in [-0.15, -0.1) is 0 Å². The zero-order valence-electron chi connectivity index (χ0n) is 12.8. The number of ether oxygens (including phenoxy) is 1. The third-order valence-electron chi connectivity index (χ3n) is 4.04. The molecular weight excluding hydrogens is 264 g/mol. The molecule has 4 nitrogen and oxygen atoms in total. The van der Waals surface area contributed by atoms with E-state index in [2.05, 4.69) is 5.32 Å². The highest BCUT2D eigenvalue weighted by Gasteiger charge is 2.14. The highest BCUT2D eigenvalue weighted by Crippen LogP contribution is 2.17. The summed E-state index contributed by atoms with van der Waals surface area (Å²) in [5.74, 6) is -0.278. The Bertz CT molecular complexity index is 439. The Hall–Kier alpha value is -1.55. The van der Waals surface area contributed by atoms with Crippen LogP contribution in [0.5, 0.6) is 0 Å². The fourth-order valence-corrected chi connectivity index (χ4v) is 2.73. The van der Waals surface area contributed by atoms with E-state index < -0.39 is 0 Å². The van der Waals surface area contributed by atoms with Crippen molar-refractivity contribution in [2.75, 3.05) is 12.3 Å². The minimum absolute atomic E-state index is 0.0776. The lowest BCUT2D eigenvalue weighted by atomic mass is 9.95. The minimum Gasteiger partial charge on any atom is -0.459 e. The van der Waals surface area contributed by atoms with Gasteiger partial charge in [0, 0.05) is 11.7 Å². The van der Waals surface area contributed by atoms with E-state index in [9.17, 15) is 4.79 Å². The van der Waals surface area contributed by atoms with Crippen LogP contribution in [0.15, 0.2) is 24.3 Å². The Morgan fingerprint density at radius 3 is 2.62 bits per heavy atom. The summed E-state index contributed by atoms with van der Waals surface area (Å²) in [4.78, 5) is 11.9. The van der Waals surface area contributed by atoms with Crippen molar-refractivity contribution in [3.05, 3.63) is 29.8 Å². The molecule has 21 heavy (non-hydrogen) atoms. The number of nitrogen functional groups attached to an aromatic ring is 1. The van der Waals surface area contributed by atoms with Crippen molar-refractivity contribution in [3.63, 3.8) is 0 Å². The molecule has 1 saturated carbocycles. The number of esters is 1. The normalized spacial score (nSPS) is 17.4.